The van der Waals surface area contributed by atoms with Crippen molar-refractivity contribution in [3.8, 4) is 11.5 Å². The van der Waals surface area contributed by atoms with Gasteiger partial charge in [-0.2, -0.15) is 0 Å². The molecule has 144 valence electrons. The third-order valence-electron chi connectivity index (χ3n) is 3.91. The third kappa shape index (κ3) is 6.29. The Bertz CT molecular complexity index is 810. The molecule has 1 N–H and O–H groups in total. The van der Waals surface area contributed by atoms with Crippen molar-refractivity contribution >= 4 is 33.4 Å². The van der Waals surface area contributed by atoms with Crippen molar-refractivity contribution < 1.29 is 19.1 Å². The van der Waals surface area contributed by atoms with E-state index in [1.54, 1.807) is 26.3 Å². The quantitative estimate of drug-likeness (QED) is 0.688. The standard InChI is InChI=1S/C20H23BrN2O4/c1-14-12-15(21)8-9-16(14)22-19(24)13-23(2)20(25)10-11-27-18-7-5-4-6-17(18)26-3/h4-9,12H,10-11,13H2,1-3H3,(H,22,24). The number of carbonyl (C=O) groups is 2. The fourth-order valence-electron chi connectivity index (χ4n) is 2.44. The van der Waals surface area contributed by atoms with Crippen molar-refractivity contribution in [1.82, 2.24) is 4.90 Å². The summed E-state index contributed by atoms with van der Waals surface area (Å²) in [5.74, 6) is 0.774. The molecular weight excluding hydrogens is 412 g/mol. The minimum Gasteiger partial charge on any atom is -0.493 e. The number of rotatable bonds is 8. The van der Waals surface area contributed by atoms with E-state index in [0.29, 0.717) is 11.5 Å². The number of ether oxygens (including phenoxy) is 2. The van der Waals surface area contributed by atoms with Gasteiger partial charge in [0, 0.05) is 17.2 Å². The van der Waals surface area contributed by atoms with Gasteiger partial charge in [0.25, 0.3) is 0 Å². The maximum Gasteiger partial charge on any atom is 0.243 e. The minimum atomic E-state index is -0.248. The van der Waals surface area contributed by atoms with Crippen LogP contribution in [0.5, 0.6) is 11.5 Å². The molecule has 2 amide bonds. The Labute approximate surface area is 167 Å². The summed E-state index contributed by atoms with van der Waals surface area (Å²) in [4.78, 5) is 25.8. The molecular formula is C20H23BrN2O4. The van der Waals surface area contributed by atoms with Crippen molar-refractivity contribution in [2.45, 2.75) is 13.3 Å². The number of benzene rings is 2. The highest BCUT2D eigenvalue weighted by Gasteiger charge is 2.14. The number of methoxy groups -OCH3 is 1. The number of anilines is 1. The number of para-hydroxylation sites is 2. The number of nitrogens with one attached hydrogen (secondary N) is 1. The van der Waals surface area contributed by atoms with Crippen LogP contribution in [0.3, 0.4) is 0 Å². The van der Waals surface area contributed by atoms with Crippen LogP contribution in [0, 0.1) is 6.92 Å². The SMILES string of the molecule is COc1ccccc1OCCC(=O)N(C)CC(=O)Nc1ccc(Br)cc1C. The molecule has 0 fully saturated rings. The Morgan fingerprint density at radius 1 is 1.15 bits per heavy atom. The zero-order chi connectivity index (χ0) is 19.8. The van der Waals surface area contributed by atoms with Crippen LogP contribution in [-0.4, -0.2) is 44.0 Å². The first-order valence-electron chi connectivity index (χ1n) is 8.46. The summed E-state index contributed by atoms with van der Waals surface area (Å²) in [6.45, 7) is 2.09. The van der Waals surface area contributed by atoms with Crippen molar-refractivity contribution in [1.29, 1.82) is 0 Å². The molecule has 0 unspecified atom stereocenters. The second-order valence-electron chi connectivity index (χ2n) is 6.01. The maximum atomic E-state index is 12.2. The molecule has 0 aliphatic carbocycles. The summed E-state index contributed by atoms with van der Waals surface area (Å²) < 4.78 is 11.7. The lowest BCUT2D eigenvalue weighted by Crippen LogP contribution is -2.35. The van der Waals surface area contributed by atoms with Gasteiger partial charge < -0.3 is 19.7 Å². The van der Waals surface area contributed by atoms with Gasteiger partial charge in [0.1, 0.15) is 0 Å². The van der Waals surface area contributed by atoms with E-state index in [9.17, 15) is 9.59 Å². The van der Waals surface area contributed by atoms with Crippen LogP contribution in [0.15, 0.2) is 46.9 Å². The van der Waals surface area contributed by atoms with Crippen LogP contribution in [-0.2, 0) is 9.59 Å². The largest absolute Gasteiger partial charge is 0.493 e. The number of carbonyl (C=O) groups excluding carboxylic acids is 2. The van der Waals surface area contributed by atoms with Gasteiger partial charge in [0.15, 0.2) is 11.5 Å². The highest BCUT2D eigenvalue weighted by molar-refractivity contribution is 9.10. The number of hydrogen-bond donors (Lipinski definition) is 1. The highest BCUT2D eigenvalue weighted by atomic mass is 79.9. The molecule has 6 nitrogen and oxygen atoms in total. The Kier molecular flexibility index (Phi) is 7.67. The number of hydrogen-bond acceptors (Lipinski definition) is 4. The monoisotopic (exact) mass is 434 g/mol. The van der Waals surface area contributed by atoms with Crippen LogP contribution in [0.4, 0.5) is 5.69 Å². The molecule has 0 aliphatic heterocycles. The number of nitrogens with zero attached hydrogens (tertiary/aromatic N) is 1. The van der Waals surface area contributed by atoms with Crippen LogP contribution in [0.25, 0.3) is 0 Å². The molecule has 2 aromatic rings. The molecule has 0 aromatic heterocycles. The molecule has 27 heavy (non-hydrogen) atoms. The van der Waals surface area contributed by atoms with Gasteiger partial charge in [-0.15, -0.1) is 0 Å². The first-order valence-corrected chi connectivity index (χ1v) is 9.25. The number of likely N-dealkylation sites (N-methyl/N-ethyl adjacent to an activating group) is 1. The highest BCUT2D eigenvalue weighted by Crippen LogP contribution is 2.25. The van der Waals surface area contributed by atoms with Gasteiger partial charge in [0.2, 0.25) is 11.8 Å². The summed E-state index contributed by atoms with van der Waals surface area (Å²) in [6.07, 6.45) is 0.166. The summed E-state index contributed by atoms with van der Waals surface area (Å²) >= 11 is 3.39. The second-order valence-corrected chi connectivity index (χ2v) is 6.92. The Morgan fingerprint density at radius 2 is 1.85 bits per heavy atom. The predicted octanol–water partition coefficient (Wildman–Crippen LogP) is 3.63. The average Bonchev–Trinajstić information content (AvgIpc) is 2.64. The molecule has 7 heteroatoms. The first kappa shape index (κ1) is 20.8. The van der Waals surface area contributed by atoms with E-state index < -0.39 is 0 Å². The molecule has 0 saturated carbocycles. The van der Waals surface area contributed by atoms with E-state index in [1.165, 1.54) is 4.90 Å². The molecule has 0 heterocycles. The molecule has 0 aliphatic rings. The molecule has 0 radical (unpaired) electrons. The molecule has 0 saturated heterocycles. The summed E-state index contributed by atoms with van der Waals surface area (Å²) in [5, 5.41) is 2.82. The molecule has 0 spiro atoms. The lowest BCUT2D eigenvalue weighted by Gasteiger charge is -2.18. The van der Waals surface area contributed by atoms with Gasteiger partial charge in [0.05, 0.1) is 26.7 Å². The maximum absolute atomic E-state index is 12.2. The van der Waals surface area contributed by atoms with Crippen LogP contribution in [0.2, 0.25) is 0 Å². The van der Waals surface area contributed by atoms with Crippen molar-refractivity contribution in [3.05, 3.63) is 52.5 Å². The zero-order valence-electron chi connectivity index (χ0n) is 15.6. The van der Waals surface area contributed by atoms with Crippen LogP contribution < -0.4 is 14.8 Å². The second kappa shape index (κ2) is 9.97. The fourth-order valence-corrected chi connectivity index (χ4v) is 2.91. The molecule has 2 aromatic carbocycles. The fraction of sp³-hybridized carbons (Fsp3) is 0.300. The van der Waals surface area contributed by atoms with Crippen molar-refractivity contribution in [2.75, 3.05) is 32.6 Å². The van der Waals surface area contributed by atoms with E-state index >= 15 is 0 Å². The van der Waals surface area contributed by atoms with E-state index in [1.807, 2.05) is 37.3 Å². The Hall–Kier alpha value is -2.54. The van der Waals surface area contributed by atoms with E-state index in [0.717, 1.165) is 15.7 Å². The predicted molar refractivity (Wildman–Crippen MR) is 108 cm³/mol. The van der Waals surface area contributed by atoms with Crippen LogP contribution in [0.1, 0.15) is 12.0 Å². The first-order chi connectivity index (χ1) is 12.9. The lowest BCUT2D eigenvalue weighted by atomic mass is 10.2. The molecule has 0 bridgehead atoms. The molecule has 2 rings (SSSR count). The normalized spacial score (nSPS) is 10.2. The zero-order valence-corrected chi connectivity index (χ0v) is 17.2. The molecule has 0 atom stereocenters. The summed E-state index contributed by atoms with van der Waals surface area (Å²) in [7, 11) is 3.16. The van der Waals surface area contributed by atoms with Gasteiger partial charge in [-0.25, -0.2) is 0 Å². The van der Waals surface area contributed by atoms with E-state index in [2.05, 4.69) is 21.2 Å². The van der Waals surface area contributed by atoms with Gasteiger partial charge >= 0.3 is 0 Å². The lowest BCUT2D eigenvalue weighted by molar-refractivity contribution is -0.133. The summed E-state index contributed by atoms with van der Waals surface area (Å²) in [5.41, 5.74) is 1.67. The van der Waals surface area contributed by atoms with Gasteiger partial charge in [-0.05, 0) is 42.8 Å². The minimum absolute atomic E-state index is 0.0248. The van der Waals surface area contributed by atoms with Crippen LogP contribution >= 0.6 is 15.9 Å². The topological polar surface area (TPSA) is 67.9 Å². The average molecular weight is 435 g/mol. The number of aryl methyl sites for hydroxylation is 1. The Balaban J connectivity index is 1.80. The van der Waals surface area contributed by atoms with E-state index in [-0.39, 0.29) is 31.4 Å². The Morgan fingerprint density at radius 3 is 2.52 bits per heavy atom. The van der Waals surface area contributed by atoms with Crippen molar-refractivity contribution in [3.63, 3.8) is 0 Å². The number of halogens is 1. The summed E-state index contributed by atoms with van der Waals surface area (Å²) in [6, 6.07) is 12.8. The van der Waals surface area contributed by atoms with Gasteiger partial charge in [-0.1, -0.05) is 28.1 Å². The smallest absolute Gasteiger partial charge is 0.243 e. The number of amides is 2. The van der Waals surface area contributed by atoms with E-state index in [4.69, 9.17) is 9.47 Å². The van der Waals surface area contributed by atoms with Crippen molar-refractivity contribution in [2.24, 2.45) is 0 Å². The van der Waals surface area contributed by atoms with Gasteiger partial charge in [-0.3, -0.25) is 9.59 Å². The third-order valence-corrected chi connectivity index (χ3v) is 4.40.